The van der Waals surface area contributed by atoms with Crippen molar-refractivity contribution in [3.63, 3.8) is 0 Å². The Kier molecular flexibility index (Phi) is 5.34. The molecule has 0 spiro atoms. The van der Waals surface area contributed by atoms with E-state index in [0.717, 1.165) is 11.3 Å². The maximum absolute atomic E-state index is 11.8. The third kappa shape index (κ3) is 3.82. The van der Waals surface area contributed by atoms with Crippen molar-refractivity contribution in [2.45, 2.75) is 26.3 Å². The average molecular weight is 402 g/mol. The van der Waals surface area contributed by atoms with E-state index in [1.165, 1.54) is 0 Å². The molecular formula is C18H22N6O3S. The lowest BCUT2D eigenvalue weighted by molar-refractivity contribution is 0.100. The quantitative estimate of drug-likeness (QED) is 0.469. The molecule has 9 nitrogen and oxygen atoms in total. The van der Waals surface area contributed by atoms with Gasteiger partial charge in [-0.2, -0.15) is 0 Å². The molecule has 0 aliphatic carbocycles. The second-order valence-electron chi connectivity index (χ2n) is 6.79. The number of carbonyl (C=O) groups is 1. The van der Waals surface area contributed by atoms with Crippen molar-refractivity contribution in [1.82, 2.24) is 15.0 Å². The summed E-state index contributed by atoms with van der Waals surface area (Å²) >= 11 is 1.10. The maximum Gasteiger partial charge on any atom is 0.260 e. The topological polar surface area (TPSA) is 149 Å². The minimum atomic E-state index is -0.647. The van der Waals surface area contributed by atoms with Crippen LogP contribution in [-0.2, 0) is 0 Å². The zero-order valence-corrected chi connectivity index (χ0v) is 16.6. The normalized spacial score (nSPS) is 11.6. The summed E-state index contributed by atoms with van der Waals surface area (Å²) in [5, 5.41) is 13.2. The van der Waals surface area contributed by atoms with Gasteiger partial charge in [-0.15, -0.1) is 11.3 Å². The zero-order valence-electron chi connectivity index (χ0n) is 15.8. The van der Waals surface area contributed by atoms with E-state index in [1.807, 2.05) is 20.8 Å². The fourth-order valence-electron chi connectivity index (χ4n) is 2.61. The van der Waals surface area contributed by atoms with Gasteiger partial charge in [-0.25, -0.2) is 9.97 Å². The van der Waals surface area contributed by atoms with Crippen LogP contribution in [0.5, 0.6) is 5.75 Å². The predicted molar refractivity (Wildman–Crippen MR) is 110 cm³/mol. The number of nitrogen functional groups attached to an aromatic ring is 1. The molecular weight excluding hydrogens is 380 g/mol. The van der Waals surface area contributed by atoms with Gasteiger partial charge < -0.3 is 26.6 Å². The number of anilines is 2. The van der Waals surface area contributed by atoms with Crippen LogP contribution in [0, 0.1) is 0 Å². The molecule has 3 aromatic rings. The minimum absolute atomic E-state index is 0.121. The van der Waals surface area contributed by atoms with E-state index < -0.39 is 11.4 Å². The van der Waals surface area contributed by atoms with Gasteiger partial charge in [0.25, 0.3) is 5.91 Å². The molecule has 0 atom stereocenters. The van der Waals surface area contributed by atoms with Crippen molar-refractivity contribution < 1.29 is 14.6 Å². The molecule has 6 N–H and O–H groups in total. The summed E-state index contributed by atoms with van der Waals surface area (Å²) in [6.07, 6.45) is 3.23. The van der Waals surface area contributed by atoms with Gasteiger partial charge in [-0.3, -0.25) is 9.78 Å². The summed E-state index contributed by atoms with van der Waals surface area (Å²) in [6, 6.07) is 1.79. The number of aromatic nitrogens is 3. The number of ether oxygens (including phenoxy) is 1. The number of pyridine rings is 1. The molecule has 28 heavy (non-hydrogen) atoms. The second kappa shape index (κ2) is 7.56. The number of aliphatic hydroxyl groups is 1. The lowest BCUT2D eigenvalue weighted by atomic mass is 10.1. The summed E-state index contributed by atoms with van der Waals surface area (Å²) in [7, 11) is 0. The highest BCUT2D eigenvalue weighted by Crippen LogP contribution is 2.39. The Bertz CT molecular complexity index is 1030. The Labute approximate surface area is 165 Å². The van der Waals surface area contributed by atoms with Crippen LogP contribution in [0.1, 0.15) is 30.4 Å². The Morgan fingerprint density at radius 1 is 1.36 bits per heavy atom. The van der Waals surface area contributed by atoms with E-state index in [0.29, 0.717) is 39.8 Å². The van der Waals surface area contributed by atoms with Gasteiger partial charge in [-0.05, 0) is 26.8 Å². The van der Waals surface area contributed by atoms with Gasteiger partial charge in [-0.1, -0.05) is 0 Å². The molecule has 3 heterocycles. The summed E-state index contributed by atoms with van der Waals surface area (Å²) in [4.78, 5) is 25.7. The van der Waals surface area contributed by atoms with Crippen LogP contribution >= 0.6 is 11.3 Å². The molecule has 0 radical (unpaired) electrons. The van der Waals surface area contributed by atoms with Gasteiger partial charge in [0.1, 0.15) is 15.5 Å². The van der Waals surface area contributed by atoms with Crippen molar-refractivity contribution in [2.75, 3.05) is 24.3 Å². The summed E-state index contributed by atoms with van der Waals surface area (Å²) in [6.45, 7) is 5.88. The van der Waals surface area contributed by atoms with Crippen molar-refractivity contribution >= 4 is 39.1 Å². The first kappa shape index (κ1) is 19.8. The summed E-state index contributed by atoms with van der Waals surface area (Å²) in [5.41, 5.74) is 12.4. The first-order chi connectivity index (χ1) is 13.3. The molecule has 148 valence electrons. The number of fused-ring (bicyclic) bond motifs is 1. The van der Waals surface area contributed by atoms with Crippen LogP contribution in [-0.4, -0.2) is 44.7 Å². The first-order valence-electron chi connectivity index (χ1n) is 8.62. The molecule has 0 aliphatic rings. The standard InChI is InChI=1S/C18H22N6O3S/c1-4-27-10-5-9(6-21-7-10)13-11-12(19)14(15(20)26)28-16(11)23-17(22-13)24-18(2,3)8-25/h5-7,25H,4,8,19H2,1-3H3,(H2,20,26)(H,22,23,24). The van der Waals surface area contributed by atoms with E-state index in [2.05, 4.69) is 20.3 Å². The SMILES string of the molecule is CCOc1cncc(-c2nc(NC(C)(C)CO)nc3sc(C(N)=O)c(N)c23)c1. The number of thiophene rings is 1. The molecule has 3 aromatic heterocycles. The number of hydrogen-bond donors (Lipinski definition) is 4. The number of rotatable bonds is 7. The van der Waals surface area contributed by atoms with Gasteiger partial charge in [0.2, 0.25) is 5.95 Å². The molecule has 0 aromatic carbocycles. The molecule has 0 unspecified atom stereocenters. The highest BCUT2D eigenvalue weighted by atomic mass is 32.1. The lowest BCUT2D eigenvalue weighted by Crippen LogP contribution is -2.35. The number of nitrogens with one attached hydrogen (secondary N) is 1. The zero-order chi connectivity index (χ0) is 20.5. The van der Waals surface area contributed by atoms with E-state index in [4.69, 9.17) is 16.2 Å². The second-order valence-corrected chi connectivity index (χ2v) is 7.79. The first-order valence-corrected chi connectivity index (χ1v) is 9.44. The third-order valence-electron chi connectivity index (χ3n) is 3.96. The van der Waals surface area contributed by atoms with Crippen LogP contribution in [0.4, 0.5) is 11.6 Å². The molecule has 0 saturated heterocycles. The van der Waals surface area contributed by atoms with E-state index >= 15 is 0 Å². The van der Waals surface area contributed by atoms with Gasteiger partial charge in [0.15, 0.2) is 0 Å². The van der Waals surface area contributed by atoms with Crippen molar-refractivity contribution in [3.05, 3.63) is 23.3 Å². The number of nitrogens with two attached hydrogens (primary N) is 2. The van der Waals surface area contributed by atoms with Gasteiger partial charge in [0.05, 0.1) is 41.7 Å². The Morgan fingerprint density at radius 3 is 2.75 bits per heavy atom. The van der Waals surface area contributed by atoms with Crippen molar-refractivity contribution in [1.29, 1.82) is 0 Å². The molecule has 10 heteroatoms. The molecule has 0 saturated carbocycles. The van der Waals surface area contributed by atoms with E-state index in [-0.39, 0.29) is 17.2 Å². The molecule has 0 aliphatic heterocycles. The van der Waals surface area contributed by atoms with Crippen molar-refractivity contribution in [3.8, 4) is 17.0 Å². The highest BCUT2D eigenvalue weighted by molar-refractivity contribution is 7.21. The fourth-order valence-corrected chi connectivity index (χ4v) is 3.55. The monoisotopic (exact) mass is 402 g/mol. The van der Waals surface area contributed by atoms with Gasteiger partial charge >= 0.3 is 0 Å². The number of hydrogen-bond acceptors (Lipinski definition) is 9. The summed E-state index contributed by atoms with van der Waals surface area (Å²) in [5.74, 6) is 0.249. The number of aliphatic hydroxyl groups excluding tert-OH is 1. The van der Waals surface area contributed by atoms with Crippen LogP contribution in [0.15, 0.2) is 18.5 Å². The number of carbonyl (C=O) groups excluding carboxylic acids is 1. The number of nitrogens with zero attached hydrogens (tertiary/aromatic N) is 3. The minimum Gasteiger partial charge on any atom is -0.492 e. The van der Waals surface area contributed by atoms with Gasteiger partial charge in [0, 0.05) is 11.8 Å². The maximum atomic E-state index is 11.8. The van der Waals surface area contributed by atoms with Crippen LogP contribution in [0.25, 0.3) is 21.5 Å². The third-order valence-corrected chi connectivity index (χ3v) is 5.07. The average Bonchev–Trinajstić information content (AvgIpc) is 2.98. The van der Waals surface area contributed by atoms with E-state index in [1.54, 1.807) is 18.5 Å². The van der Waals surface area contributed by atoms with E-state index in [9.17, 15) is 9.90 Å². The van der Waals surface area contributed by atoms with Crippen LogP contribution in [0.2, 0.25) is 0 Å². The Balaban J connectivity index is 2.25. The number of amides is 1. The summed E-state index contributed by atoms with van der Waals surface area (Å²) < 4.78 is 5.52. The Morgan fingerprint density at radius 2 is 2.11 bits per heavy atom. The molecule has 1 amide bonds. The fraction of sp³-hybridized carbons (Fsp3) is 0.333. The Hall–Kier alpha value is -2.98. The molecule has 3 rings (SSSR count). The largest absolute Gasteiger partial charge is 0.492 e. The van der Waals surface area contributed by atoms with Crippen LogP contribution in [0.3, 0.4) is 0 Å². The van der Waals surface area contributed by atoms with Crippen molar-refractivity contribution in [2.24, 2.45) is 5.73 Å². The smallest absolute Gasteiger partial charge is 0.260 e. The predicted octanol–water partition coefficient (Wildman–Crippen LogP) is 2.02. The molecule has 0 bridgehead atoms. The highest BCUT2D eigenvalue weighted by Gasteiger charge is 2.23. The van der Waals surface area contributed by atoms with Crippen LogP contribution < -0.4 is 21.5 Å². The number of primary amides is 1. The lowest BCUT2D eigenvalue weighted by Gasteiger charge is -2.23. The molecule has 0 fully saturated rings.